The molecule has 0 spiro atoms. The fraction of sp³-hybridized carbons (Fsp3) is 0.100. The summed E-state index contributed by atoms with van der Waals surface area (Å²) in [6.07, 6.45) is 0. The molecule has 0 radical (unpaired) electrons. The van der Waals surface area contributed by atoms with E-state index in [0.29, 0.717) is 16.5 Å². The molecule has 1 heterocycles. The molecule has 0 atom stereocenters. The average molecular weight is 289 g/mol. The molecule has 1 aromatic heterocycles. The van der Waals surface area contributed by atoms with Crippen LogP contribution in [-0.4, -0.2) is 10.3 Å². The second kappa shape index (κ2) is 4.35. The molecule has 0 aliphatic heterocycles. The van der Waals surface area contributed by atoms with E-state index >= 15 is 0 Å². The van der Waals surface area contributed by atoms with Gasteiger partial charge in [0.2, 0.25) is 0 Å². The maximum Gasteiger partial charge on any atom is 0.168 e. The number of nitrogens with zero attached hydrogens (tertiary/aromatic N) is 1. The van der Waals surface area contributed by atoms with Gasteiger partial charge >= 0.3 is 0 Å². The molecule has 0 bridgehead atoms. The van der Waals surface area contributed by atoms with Gasteiger partial charge in [-0.05, 0) is 18.2 Å². The zero-order valence-electron chi connectivity index (χ0n) is 7.58. The molecular weight excluding hydrogens is 281 g/mol. The summed E-state index contributed by atoms with van der Waals surface area (Å²) in [4.78, 5) is 0. The summed E-state index contributed by atoms with van der Waals surface area (Å²) in [5, 5.41) is 13.1. The molecule has 0 amide bonds. The zero-order valence-corrected chi connectivity index (χ0v) is 9.92. The third kappa shape index (κ3) is 2.22. The van der Waals surface area contributed by atoms with E-state index in [-0.39, 0.29) is 6.61 Å². The monoisotopic (exact) mass is 287 g/mol. The third-order valence-corrected chi connectivity index (χ3v) is 2.72. The molecule has 15 heavy (non-hydrogen) atoms. The summed E-state index contributed by atoms with van der Waals surface area (Å²) in [6.45, 7) is -0.141. The number of aliphatic hydroxyl groups excluding tert-OH is 1. The second-order valence-electron chi connectivity index (χ2n) is 2.96. The molecule has 0 unspecified atom stereocenters. The van der Waals surface area contributed by atoms with Crippen molar-refractivity contribution < 1.29 is 9.63 Å². The highest BCUT2D eigenvalue weighted by Crippen LogP contribution is 2.30. The molecular formula is C10H7BrClNO2. The van der Waals surface area contributed by atoms with Gasteiger partial charge in [0, 0.05) is 16.1 Å². The predicted molar refractivity (Wildman–Crippen MR) is 60.6 cm³/mol. The first kappa shape index (κ1) is 10.7. The lowest BCUT2D eigenvalue weighted by Gasteiger charge is -1.99. The Morgan fingerprint density at radius 2 is 2.20 bits per heavy atom. The molecule has 1 aromatic carbocycles. The van der Waals surface area contributed by atoms with Crippen molar-refractivity contribution in [3.05, 3.63) is 39.5 Å². The summed E-state index contributed by atoms with van der Waals surface area (Å²) in [5.74, 6) is 0.552. The number of hydrogen-bond acceptors (Lipinski definition) is 3. The molecule has 0 aliphatic rings. The third-order valence-electron chi connectivity index (χ3n) is 1.92. The van der Waals surface area contributed by atoms with Crippen molar-refractivity contribution in [3.8, 4) is 11.3 Å². The minimum Gasteiger partial charge on any atom is -0.390 e. The molecule has 78 valence electrons. The molecule has 2 aromatic rings. The number of hydrogen-bond donors (Lipinski definition) is 1. The number of benzene rings is 1. The maximum atomic E-state index is 8.85. The van der Waals surface area contributed by atoms with Gasteiger partial charge in [0.1, 0.15) is 5.69 Å². The van der Waals surface area contributed by atoms with Crippen LogP contribution in [0.15, 0.2) is 33.3 Å². The van der Waals surface area contributed by atoms with Crippen LogP contribution < -0.4 is 0 Å². The van der Waals surface area contributed by atoms with Gasteiger partial charge in [0.05, 0.1) is 11.6 Å². The summed E-state index contributed by atoms with van der Waals surface area (Å²) in [7, 11) is 0. The number of halogens is 2. The highest BCUT2D eigenvalue weighted by Gasteiger charge is 2.09. The first-order valence-corrected chi connectivity index (χ1v) is 5.39. The van der Waals surface area contributed by atoms with Crippen molar-refractivity contribution in [2.75, 3.05) is 0 Å². The van der Waals surface area contributed by atoms with Gasteiger partial charge in [-0.25, -0.2) is 0 Å². The summed E-state index contributed by atoms with van der Waals surface area (Å²) in [6, 6.07) is 7.13. The van der Waals surface area contributed by atoms with Gasteiger partial charge in [-0.2, -0.15) is 0 Å². The van der Waals surface area contributed by atoms with Crippen molar-refractivity contribution >= 4 is 27.5 Å². The van der Waals surface area contributed by atoms with Crippen LogP contribution in [0.5, 0.6) is 0 Å². The van der Waals surface area contributed by atoms with Gasteiger partial charge < -0.3 is 9.63 Å². The van der Waals surface area contributed by atoms with Crippen molar-refractivity contribution in [2.45, 2.75) is 6.61 Å². The first-order chi connectivity index (χ1) is 7.20. The normalized spacial score (nSPS) is 10.6. The van der Waals surface area contributed by atoms with Crippen molar-refractivity contribution in [1.82, 2.24) is 5.16 Å². The van der Waals surface area contributed by atoms with Gasteiger partial charge in [-0.3, -0.25) is 0 Å². The maximum absolute atomic E-state index is 8.85. The van der Waals surface area contributed by atoms with Crippen LogP contribution in [-0.2, 0) is 6.61 Å². The van der Waals surface area contributed by atoms with E-state index in [9.17, 15) is 0 Å². The fourth-order valence-electron chi connectivity index (χ4n) is 1.20. The molecule has 1 N–H and O–H groups in total. The molecule has 5 heteroatoms. The fourth-order valence-corrected chi connectivity index (χ4v) is 1.97. The average Bonchev–Trinajstić information content (AvgIpc) is 2.66. The molecule has 0 saturated heterocycles. The lowest BCUT2D eigenvalue weighted by Crippen LogP contribution is -1.79. The number of rotatable bonds is 2. The van der Waals surface area contributed by atoms with Crippen LogP contribution in [0.1, 0.15) is 5.69 Å². The molecule has 2 rings (SSSR count). The van der Waals surface area contributed by atoms with E-state index in [1.165, 1.54) is 0 Å². The van der Waals surface area contributed by atoms with E-state index < -0.39 is 0 Å². The van der Waals surface area contributed by atoms with Gasteiger partial charge in [-0.1, -0.05) is 32.7 Å². The van der Waals surface area contributed by atoms with E-state index in [4.69, 9.17) is 21.2 Å². The van der Waals surface area contributed by atoms with Crippen molar-refractivity contribution in [2.24, 2.45) is 0 Å². The quantitative estimate of drug-likeness (QED) is 0.922. The Morgan fingerprint density at radius 1 is 1.40 bits per heavy atom. The van der Waals surface area contributed by atoms with Gasteiger partial charge in [-0.15, -0.1) is 0 Å². The topological polar surface area (TPSA) is 46.3 Å². The Bertz CT molecular complexity index is 484. The summed E-state index contributed by atoms with van der Waals surface area (Å²) >= 11 is 9.35. The zero-order chi connectivity index (χ0) is 10.8. The van der Waals surface area contributed by atoms with E-state index in [2.05, 4.69) is 21.1 Å². The smallest absolute Gasteiger partial charge is 0.168 e. The van der Waals surface area contributed by atoms with Crippen LogP contribution in [0.2, 0.25) is 5.02 Å². The molecule has 0 saturated carbocycles. The molecule has 3 nitrogen and oxygen atoms in total. The van der Waals surface area contributed by atoms with Crippen LogP contribution in [0.3, 0.4) is 0 Å². The van der Waals surface area contributed by atoms with Crippen molar-refractivity contribution in [1.29, 1.82) is 0 Å². The minimum atomic E-state index is -0.141. The number of aromatic nitrogens is 1. The molecule has 0 fully saturated rings. The van der Waals surface area contributed by atoms with E-state index in [1.807, 2.05) is 12.1 Å². The summed E-state index contributed by atoms with van der Waals surface area (Å²) in [5.41, 5.74) is 1.25. The van der Waals surface area contributed by atoms with Crippen molar-refractivity contribution in [3.63, 3.8) is 0 Å². The van der Waals surface area contributed by atoms with Crippen LogP contribution in [0.25, 0.3) is 11.3 Å². The highest BCUT2D eigenvalue weighted by atomic mass is 79.9. The summed E-state index contributed by atoms with van der Waals surface area (Å²) < 4.78 is 5.95. The standard InChI is InChI=1S/C10H7BrClNO2/c11-6-1-2-8(9(12)3-6)10-4-7(5-14)13-15-10/h1-4,14H,5H2. The Morgan fingerprint density at radius 3 is 2.80 bits per heavy atom. The van der Waals surface area contributed by atoms with E-state index in [0.717, 1.165) is 10.0 Å². The van der Waals surface area contributed by atoms with Crippen LogP contribution >= 0.6 is 27.5 Å². The number of aliphatic hydroxyl groups is 1. The Hall–Kier alpha value is -0.840. The van der Waals surface area contributed by atoms with Gasteiger partial charge in [0.15, 0.2) is 5.76 Å². The Labute approximate surface area is 99.8 Å². The lowest BCUT2D eigenvalue weighted by atomic mass is 10.1. The Balaban J connectivity index is 2.44. The Kier molecular flexibility index (Phi) is 3.09. The van der Waals surface area contributed by atoms with Crippen LogP contribution in [0, 0.1) is 0 Å². The van der Waals surface area contributed by atoms with Gasteiger partial charge in [0.25, 0.3) is 0 Å². The largest absolute Gasteiger partial charge is 0.390 e. The first-order valence-electron chi connectivity index (χ1n) is 4.22. The lowest BCUT2D eigenvalue weighted by molar-refractivity contribution is 0.267. The minimum absolute atomic E-state index is 0.141. The van der Waals surface area contributed by atoms with E-state index in [1.54, 1.807) is 12.1 Å². The predicted octanol–water partition coefficient (Wildman–Crippen LogP) is 3.25. The molecule has 0 aliphatic carbocycles. The van der Waals surface area contributed by atoms with Crippen LogP contribution in [0.4, 0.5) is 0 Å². The second-order valence-corrected chi connectivity index (χ2v) is 4.29. The SMILES string of the molecule is OCc1cc(-c2ccc(Br)cc2Cl)on1. The highest BCUT2D eigenvalue weighted by molar-refractivity contribution is 9.10.